The molecule has 0 aromatic rings. The van der Waals surface area contributed by atoms with E-state index in [-0.39, 0.29) is 0 Å². The maximum Gasteiger partial charge on any atom is 0.0695 e. The Kier molecular flexibility index (Phi) is 1.80. The smallest absolute Gasteiger partial charge is 0.0695 e. The molecular weight excluding hydrogens is 100 g/mol. The summed E-state index contributed by atoms with van der Waals surface area (Å²) in [4.78, 5) is 4.11. The summed E-state index contributed by atoms with van der Waals surface area (Å²) < 4.78 is 0. The second-order valence-electron chi connectivity index (χ2n) is 1.83. The van der Waals surface area contributed by atoms with Crippen LogP contribution in [-0.2, 0) is 0 Å². The minimum atomic E-state index is 0.375. The zero-order valence-electron chi connectivity index (χ0n) is 4.75. The Bertz CT molecular complexity index is 104. The van der Waals surface area contributed by atoms with E-state index >= 15 is 0 Å². The fourth-order valence-electron chi connectivity index (χ4n) is 0.729. The van der Waals surface area contributed by atoms with Gasteiger partial charge < -0.3 is 5.73 Å². The van der Waals surface area contributed by atoms with Crippen LogP contribution in [0.4, 0.5) is 0 Å². The first-order chi connectivity index (χ1) is 3.93. The van der Waals surface area contributed by atoms with Crippen LogP contribution >= 0.6 is 0 Å². The monoisotopic (exact) mass is 110 g/mol. The highest BCUT2D eigenvalue weighted by atomic mass is 14.8. The molecule has 0 saturated carbocycles. The van der Waals surface area contributed by atoms with Crippen LogP contribution in [0, 0.1) is 0 Å². The van der Waals surface area contributed by atoms with E-state index in [9.17, 15) is 0 Å². The van der Waals surface area contributed by atoms with E-state index in [0.717, 1.165) is 13.0 Å². The Morgan fingerprint density at radius 3 is 3.00 bits per heavy atom. The number of hydrogen-bond donors (Lipinski definition) is 1. The fraction of sp³-hybridized carbons (Fsp3) is 0.500. The van der Waals surface area contributed by atoms with Gasteiger partial charge in [0.1, 0.15) is 0 Å². The number of aliphatic imine (C=N–C) groups is 1. The van der Waals surface area contributed by atoms with Gasteiger partial charge in [-0.05, 0) is 19.0 Å². The first-order valence-electron chi connectivity index (χ1n) is 2.83. The molecule has 0 aromatic heterocycles. The average Bonchev–Trinajstić information content (AvgIpc) is 2.19. The van der Waals surface area contributed by atoms with Crippen molar-refractivity contribution in [3.05, 3.63) is 12.2 Å². The Morgan fingerprint density at radius 1 is 1.62 bits per heavy atom. The molecule has 0 saturated heterocycles. The summed E-state index contributed by atoms with van der Waals surface area (Å²) in [6.07, 6.45) is 6.82. The largest absolute Gasteiger partial charge is 0.330 e. The van der Waals surface area contributed by atoms with Gasteiger partial charge in [-0.3, -0.25) is 4.99 Å². The molecule has 1 aliphatic heterocycles. The molecule has 0 aromatic carbocycles. The van der Waals surface area contributed by atoms with Gasteiger partial charge in [-0.1, -0.05) is 6.08 Å². The van der Waals surface area contributed by atoms with Gasteiger partial charge in [0, 0.05) is 6.21 Å². The molecule has 1 heterocycles. The van der Waals surface area contributed by atoms with Crippen LogP contribution in [0.1, 0.15) is 6.42 Å². The van der Waals surface area contributed by atoms with E-state index in [1.165, 1.54) is 0 Å². The van der Waals surface area contributed by atoms with Crippen molar-refractivity contribution in [1.82, 2.24) is 0 Å². The van der Waals surface area contributed by atoms with E-state index in [1.807, 2.05) is 12.3 Å². The van der Waals surface area contributed by atoms with E-state index in [2.05, 4.69) is 11.1 Å². The molecule has 8 heavy (non-hydrogen) atoms. The van der Waals surface area contributed by atoms with Gasteiger partial charge in [0.25, 0.3) is 0 Å². The summed E-state index contributed by atoms with van der Waals surface area (Å²) in [6.45, 7) is 0.729. The molecule has 1 unspecified atom stereocenters. The Morgan fingerprint density at radius 2 is 2.50 bits per heavy atom. The molecule has 0 amide bonds. The average molecular weight is 110 g/mol. The van der Waals surface area contributed by atoms with E-state index < -0.39 is 0 Å². The number of nitrogens with two attached hydrogens (primary N) is 1. The van der Waals surface area contributed by atoms with Crippen molar-refractivity contribution < 1.29 is 0 Å². The molecular formula is C6H10N2. The van der Waals surface area contributed by atoms with Gasteiger partial charge in [0.15, 0.2) is 0 Å². The summed E-state index contributed by atoms with van der Waals surface area (Å²) >= 11 is 0. The minimum absolute atomic E-state index is 0.375. The van der Waals surface area contributed by atoms with Gasteiger partial charge in [-0.25, -0.2) is 0 Å². The Hall–Kier alpha value is -0.630. The first-order valence-corrected chi connectivity index (χ1v) is 2.83. The quantitative estimate of drug-likeness (QED) is 0.547. The Balaban J connectivity index is 2.27. The maximum atomic E-state index is 5.30. The molecule has 0 bridgehead atoms. The molecule has 1 atom stereocenters. The SMILES string of the molecule is NCCC1C=CC=N1. The van der Waals surface area contributed by atoms with Crippen molar-refractivity contribution in [1.29, 1.82) is 0 Å². The topological polar surface area (TPSA) is 38.4 Å². The zero-order chi connectivity index (χ0) is 5.82. The van der Waals surface area contributed by atoms with Crippen LogP contribution in [0.5, 0.6) is 0 Å². The third-order valence-electron chi connectivity index (χ3n) is 1.16. The van der Waals surface area contributed by atoms with Crippen LogP contribution in [-0.4, -0.2) is 18.8 Å². The molecule has 0 fully saturated rings. The van der Waals surface area contributed by atoms with Crippen molar-refractivity contribution in [3.63, 3.8) is 0 Å². The van der Waals surface area contributed by atoms with Crippen LogP contribution < -0.4 is 5.73 Å². The number of allylic oxidation sites excluding steroid dienone is 1. The second kappa shape index (κ2) is 2.62. The standard InChI is InChI=1S/C6H10N2/c7-4-3-6-2-1-5-8-6/h1-2,5-6H,3-4,7H2. The lowest BCUT2D eigenvalue weighted by molar-refractivity contribution is 0.744. The second-order valence-corrected chi connectivity index (χ2v) is 1.83. The van der Waals surface area contributed by atoms with Crippen LogP contribution in [0.25, 0.3) is 0 Å². The lowest BCUT2D eigenvalue weighted by Crippen LogP contribution is -2.07. The molecule has 44 valence electrons. The van der Waals surface area contributed by atoms with Crippen LogP contribution in [0.3, 0.4) is 0 Å². The highest BCUT2D eigenvalue weighted by Gasteiger charge is 2.00. The molecule has 0 spiro atoms. The molecule has 0 aliphatic carbocycles. The lowest BCUT2D eigenvalue weighted by atomic mass is 10.2. The van der Waals surface area contributed by atoms with Crippen molar-refractivity contribution >= 4 is 6.21 Å². The lowest BCUT2D eigenvalue weighted by Gasteiger charge is -1.97. The molecule has 1 aliphatic rings. The van der Waals surface area contributed by atoms with Crippen molar-refractivity contribution in [2.24, 2.45) is 10.7 Å². The van der Waals surface area contributed by atoms with Crippen LogP contribution in [0.15, 0.2) is 17.1 Å². The molecule has 0 radical (unpaired) electrons. The third-order valence-corrected chi connectivity index (χ3v) is 1.16. The summed E-state index contributed by atoms with van der Waals surface area (Å²) in [5, 5.41) is 0. The van der Waals surface area contributed by atoms with E-state index in [4.69, 9.17) is 5.73 Å². The third kappa shape index (κ3) is 1.17. The zero-order valence-corrected chi connectivity index (χ0v) is 4.75. The predicted octanol–water partition coefficient (Wildman–Crippen LogP) is 0.344. The van der Waals surface area contributed by atoms with Gasteiger partial charge >= 0.3 is 0 Å². The molecule has 2 N–H and O–H groups in total. The number of nitrogens with zero attached hydrogens (tertiary/aromatic N) is 1. The number of hydrogen-bond acceptors (Lipinski definition) is 2. The molecule has 2 nitrogen and oxygen atoms in total. The fourth-order valence-corrected chi connectivity index (χ4v) is 0.729. The molecule has 2 heteroatoms. The van der Waals surface area contributed by atoms with E-state index in [0.29, 0.717) is 6.04 Å². The Labute approximate surface area is 49.1 Å². The summed E-state index contributed by atoms with van der Waals surface area (Å²) in [7, 11) is 0. The van der Waals surface area contributed by atoms with Crippen LogP contribution in [0.2, 0.25) is 0 Å². The van der Waals surface area contributed by atoms with E-state index in [1.54, 1.807) is 0 Å². The van der Waals surface area contributed by atoms with Gasteiger partial charge in [0.2, 0.25) is 0 Å². The van der Waals surface area contributed by atoms with Crippen molar-refractivity contribution in [2.75, 3.05) is 6.54 Å². The predicted molar refractivity (Wildman–Crippen MR) is 35.1 cm³/mol. The van der Waals surface area contributed by atoms with Crippen molar-refractivity contribution in [3.8, 4) is 0 Å². The highest BCUT2D eigenvalue weighted by Crippen LogP contribution is 2.01. The number of rotatable bonds is 2. The van der Waals surface area contributed by atoms with Crippen molar-refractivity contribution in [2.45, 2.75) is 12.5 Å². The van der Waals surface area contributed by atoms with Gasteiger partial charge in [0.05, 0.1) is 6.04 Å². The van der Waals surface area contributed by atoms with Gasteiger partial charge in [-0.15, -0.1) is 0 Å². The minimum Gasteiger partial charge on any atom is -0.330 e. The summed E-state index contributed by atoms with van der Waals surface area (Å²) in [5.74, 6) is 0. The highest BCUT2D eigenvalue weighted by molar-refractivity contribution is 5.74. The van der Waals surface area contributed by atoms with Gasteiger partial charge in [-0.2, -0.15) is 0 Å². The summed E-state index contributed by atoms with van der Waals surface area (Å²) in [5.41, 5.74) is 5.30. The first kappa shape index (κ1) is 5.51. The maximum absolute atomic E-state index is 5.30. The summed E-state index contributed by atoms with van der Waals surface area (Å²) in [6, 6.07) is 0.375. The normalized spacial score (nSPS) is 24.9. The molecule has 1 rings (SSSR count).